The lowest BCUT2D eigenvalue weighted by molar-refractivity contribution is -0.132. The minimum atomic E-state index is -0.189. The Morgan fingerprint density at radius 1 is 1.41 bits per heavy atom. The predicted octanol–water partition coefficient (Wildman–Crippen LogP) is -0.0656. The SMILES string of the molecule is Cc1ccc(CN(C)C(=O)C2CNNN2)cc1. The van der Waals surface area contributed by atoms with Crippen LogP contribution in [0.1, 0.15) is 11.1 Å². The molecule has 1 saturated heterocycles. The number of aryl methyl sites for hydroxylation is 1. The second-order valence-electron chi connectivity index (χ2n) is 4.38. The number of amides is 1. The van der Waals surface area contributed by atoms with Crippen molar-refractivity contribution in [3.05, 3.63) is 35.4 Å². The number of carbonyl (C=O) groups is 1. The van der Waals surface area contributed by atoms with E-state index in [1.54, 1.807) is 4.90 Å². The lowest BCUT2D eigenvalue weighted by atomic mass is 10.1. The molecule has 1 unspecified atom stereocenters. The summed E-state index contributed by atoms with van der Waals surface area (Å²) in [5, 5.41) is 0. The summed E-state index contributed by atoms with van der Waals surface area (Å²) in [6, 6.07) is 8.04. The van der Waals surface area contributed by atoms with Gasteiger partial charge in [0.25, 0.3) is 0 Å². The van der Waals surface area contributed by atoms with E-state index >= 15 is 0 Å². The highest BCUT2D eigenvalue weighted by Crippen LogP contribution is 2.07. The van der Waals surface area contributed by atoms with Gasteiger partial charge in [-0.3, -0.25) is 4.79 Å². The van der Waals surface area contributed by atoms with Crippen molar-refractivity contribution in [3.63, 3.8) is 0 Å². The third kappa shape index (κ3) is 3.03. The fourth-order valence-corrected chi connectivity index (χ4v) is 1.80. The normalized spacial score (nSPS) is 19.3. The second-order valence-corrected chi connectivity index (χ2v) is 4.38. The van der Waals surface area contributed by atoms with E-state index in [2.05, 4.69) is 47.6 Å². The molecule has 0 aliphatic carbocycles. The fourth-order valence-electron chi connectivity index (χ4n) is 1.80. The fraction of sp³-hybridized carbons (Fsp3) is 0.417. The van der Waals surface area contributed by atoms with E-state index in [-0.39, 0.29) is 11.9 Å². The number of rotatable bonds is 3. The van der Waals surface area contributed by atoms with Gasteiger partial charge in [0.05, 0.1) is 0 Å². The van der Waals surface area contributed by atoms with Crippen LogP contribution in [0.25, 0.3) is 0 Å². The van der Waals surface area contributed by atoms with Crippen LogP contribution in [0.5, 0.6) is 0 Å². The third-order valence-electron chi connectivity index (χ3n) is 2.86. The van der Waals surface area contributed by atoms with E-state index < -0.39 is 0 Å². The summed E-state index contributed by atoms with van der Waals surface area (Å²) in [6.07, 6.45) is 0. The first-order valence-electron chi connectivity index (χ1n) is 5.71. The summed E-state index contributed by atoms with van der Waals surface area (Å²) < 4.78 is 0. The molecule has 1 aliphatic rings. The number of benzene rings is 1. The maximum absolute atomic E-state index is 12.0. The Bertz CT molecular complexity index is 384. The van der Waals surface area contributed by atoms with Gasteiger partial charge in [-0.15, -0.1) is 0 Å². The van der Waals surface area contributed by atoms with Crippen molar-refractivity contribution in [2.75, 3.05) is 13.6 Å². The van der Waals surface area contributed by atoms with E-state index in [1.807, 2.05) is 7.05 Å². The minimum Gasteiger partial charge on any atom is -0.340 e. The van der Waals surface area contributed by atoms with E-state index in [1.165, 1.54) is 5.56 Å². The number of nitrogens with one attached hydrogen (secondary N) is 3. The van der Waals surface area contributed by atoms with Crippen LogP contribution in [0.4, 0.5) is 0 Å². The van der Waals surface area contributed by atoms with Gasteiger partial charge < -0.3 is 4.90 Å². The number of carbonyl (C=O) groups excluding carboxylic acids is 1. The van der Waals surface area contributed by atoms with Crippen LogP contribution in [0.2, 0.25) is 0 Å². The molecule has 92 valence electrons. The van der Waals surface area contributed by atoms with Crippen molar-refractivity contribution < 1.29 is 4.79 Å². The van der Waals surface area contributed by atoms with Crippen LogP contribution in [-0.4, -0.2) is 30.4 Å². The van der Waals surface area contributed by atoms with Gasteiger partial charge in [0.2, 0.25) is 5.91 Å². The van der Waals surface area contributed by atoms with Crippen LogP contribution < -0.4 is 16.4 Å². The lowest BCUT2D eigenvalue weighted by Gasteiger charge is -2.20. The Morgan fingerprint density at radius 3 is 2.71 bits per heavy atom. The van der Waals surface area contributed by atoms with Gasteiger partial charge in [-0.05, 0) is 12.5 Å². The Hall–Kier alpha value is -1.43. The number of nitrogens with zero attached hydrogens (tertiary/aromatic N) is 1. The molecule has 0 radical (unpaired) electrons. The molecule has 1 amide bonds. The maximum Gasteiger partial charge on any atom is 0.242 e. The standard InChI is InChI=1S/C12H18N4O/c1-9-3-5-10(6-4-9)8-16(2)12(17)11-7-13-15-14-11/h3-6,11,13-15H,7-8H2,1-2H3. The molecule has 17 heavy (non-hydrogen) atoms. The summed E-state index contributed by atoms with van der Waals surface area (Å²) in [4.78, 5) is 13.7. The van der Waals surface area contributed by atoms with Crippen LogP contribution in [0.15, 0.2) is 24.3 Å². The molecule has 5 heteroatoms. The number of hydrogen-bond donors (Lipinski definition) is 3. The molecular weight excluding hydrogens is 216 g/mol. The Kier molecular flexibility index (Phi) is 3.73. The van der Waals surface area contributed by atoms with Gasteiger partial charge in [0.1, 0.15) is 6.04 Å². The molecule has 3 N–H and O–H groups in total. The second kappa shape index (κ2) is 5.27. The molecule has 1 heterocycles. The van der Waals surface area contributed by atoms with Crippen molar-refractivity contribution in [3.8, 4) is 0 Å². The van der Waals surface area contributed by atoms with Gasteiger partial charge in [0.15, 0.2) is 0 Å². The highest BCUT2D eigenvalue weighted by Gasteiger charge is 2.24. The van der Waals surface area contributed by atoms with Gasteiger partial charge in [-0.2, -0.15) is 5.53 Å². The molecule has 1 atom stereocenters. The molecular formula is C12H18N4O. The smallest absolute Gasteiger partial charge is 0.242 e. The zero-order valence-electron chi connectivity index (χ0n) is 10.2. The summed E-state index contributed by atoms with van der Waals surface area (Å²) in [5.74, 6) is 0.0862. The van der Waals surface area contributed by atoms with Crippen molar-refractivity contribution >= 4 is 5.91 Å². The Morgan fingerprint density at radius 2 is 2.12 bits per heavy atom. The number of likely N-dealkylation sites (N-methyl/N-ethyl adjacent to an activating group) is 1. The monoisotopic (exact) mass is 234 g/mol. The van der Waals surface area contributed by atoms with Gasteiger partial charge in [-0.25, -0.2) is 10.9 Å². The highest BCUT2D eigenvalue weighted by atomic mass is 16.2. The molecule has 2 rings (SSSR count). The van der Waals surface area contributed by atoms with Crippen molar-refractivity contribution in [1.82, 2.24) is 21.3 Å². The van der Waals surface area contributed by atoms with E-state index in [0.29, 0.717) is 13.1 Å². The zero-order valence-corrected chi connectivity index (χ0v) is 10.2. The summed E-state index contributed by atoms with van der Waals surface area (Å²) in [6.45, 7) is 3.30. The summed E-state index contributed by atoms with van der Waals surface area (Å²) >= 11 is 0. The molecule has 1 aliphatic heterocycles. The summed E-state index contributed by atoms with van der Waals surface area (Å²) in [5.41, 5.74) is 10.9. The van der Waals surface area contributed by atoms with Crippen LogP contribution in [0, 0.1) is 6.92 Å². The Labute approximate surface area is 101 Å². The number of hydrogen-bond acceptors (Lipinski definition) is 4. The van der Waals surface area contributed by atoms with E-state index in [0.717, 1.165) is 5.56 Å². The summed E-state index contributed by atoms with van der Waals surface area (Å²) in [7, 11) is 1.82. The van der Waals surface area contributed by atoms with Gasteiger partial charge in [0, 0.05) is 20.1 Å². The average Bonchev–Trinajstić information content (AvgIpc) is 2.84. The maximum atomic E-state index is 12.0. The van der Waals surface area contributed by atoms with Crippen LogP contribution >= 0.6 is 0 Å². The number of hydrazine groups is 2. The minimum absolute atomic E-state index is 0.0862. The first-order chi connectivity index (χ1) is 8.16. The first kappa shape index (κ1) is 12.0. The topological polar surface area (TPSA) is 56.4 Å². The molecule has 1 aromatic rings. The first-order valence-corrected chi connectivity index (χ1v) is 5.71. The average molecular weight is 234 g/mol. The molecule has 0 aromatic heterocycles. The molecule has 0 bridgehead atoms. The predicted molar refractivity (Wildman–Crippen MR) is 65.7 cm³/mol. The van der Waals surface area contributed by atoms with Crippen LogP contribution in [0.3, 0.4) is 0 Å². The molecule has 0 saturated carbocycles. The zero-order chi connectivity index (χ0) is 12.3. The van der Waals surface area contributed by atoms with Crippen molar-refractivity contribution in [2.24, 2.45) is 0 Å². The van der Waals surface area contributed by atoms with Gasteiger partial charge in [-0.1, -0.05) is 29.8 Å². The van der Waals surface area contributed by atoms with Crippen LogP contribution in [-0.2, 0) is 11.3 Å². The van der Waals surface area contributed by atoms with Gasteiger partial charge >= 0.3 is 0 Å². The highest BCUT2D eigenvalue weighted by molar-refractivity contribution is 5.82. The van der Waals surface area contributed by atoms with E-state index in [9.17, 15) is 4.79 Å². The Balaban J connectivity index is 1.93. The molecule has 0 spiro atoms. The molecule has 1 fully saturated rings. The van der Waals surface area contributed by atoms with Crippen molar-refractivity contribution in [2.45, 2.75) is 19.5 Å². The quantitative estimate of drug-likeness (QED) is 0.685. The molecule has 1 aromatic carbocycles. The third-order valence-corrected chi connectivity index (χ3v) is 2.86. The van der Waals surface area contributed by atoms with E-state index in [4.69, 9.17) is 0 Å². The lowest BCUT2D eigenvalue weighted by Crippen LogP contribution is -2.44. The van der Waals surface area contributed by atoms with Crippen molar-refractivity contribution in [1.29, 1.82) is 0 Å². The molecule has 5 nitrogen and oxygen atoms in total. The largest absolute Gasteiger partial charge is 0.340 e.